The van der Waals surface area contributed by atoms with Crippen molar-refractivity contribution >= 4 is 17.4 Å². The molecular formula is C18H12ClF4N3. The van der Waals surface area contributed by atoms with E-state index in [9.17, 15) is 17.6 Å². The van der Waals surface area contributed by atoms with Gasteiger partial charge < -0.3 is 5.32 Å². The van der Waals surface area contributed by atoms with Gasteiger partial charge in [0.1, 0.15) is 11.6 Å². The monoisotopic (exact) mass is 381 g/mol. The lowest BCUT2D eigenvalue weighted by Gasteiger charge is -2.15. The maximum absolute atomic E-state index is 13.6. The van der Waals surface area contributed by atoms with Gasteiger partial charge in [-0.1, -0.05) is 23.7 Å². The first-order chi connectivity index (χ1) is 12.3. The number of fused-ring (bicyclic) bond motifs is 1. The van der Waals surface area contributed by atoms with E-state index in [2.05, 4.69) is 10.4 Å². The van der Waals surface area contributed by atoms with Gasteiger partial charge in [-0.05, 0) is 36.8 Å². The molecule has 1 aliphatic rings. The lowest BCUT2D eigenvalue weighted by molar-refractivity contribution is -0.137. The average Bonchev–Trinajstić information content (AvgIpc) is 3.16. The highest BCUT2D eigenvalue weighted by molar-refractivity contribution is 6.30. The molecule has 0 amide bonds. The second-order valence-corrected chi connectivity index (χ2v) is 6.37. The van der Waals surface area contributed by atoms with E-state index >= 15 is 0 Å². The highest BCUT2D eigenvalue weighted by atomic mass is 35.5. The van der Waals surface area contributed by atoms with Gasteiger partial charge in [-0.25, -0.2) is 9.07 Å². The normalized spacial score (nSPS) is 13.6. The van der Waals surface area contributed by atoms with E-state index in [0.29, 0.717) is 30.0 Å². The van der Waals surface area contributed by atoms with Gasteiger partial charge in [0, 0.05) is 22.7 Å². The number of halogens is 5. The molecule has 134 valence electrons. The summed E-state index contributed by atoms with van der Waals surface area (Å²) in [7, 11) is 0. The molecule has 1 aliphatic heterocycles. The Morgan fingerprint density at radius 2 is 1.92 bits per heavy atom. The van der Waals surface area contributed by atoms with Gasteiger partial charge in [0.05, 0.1) is 16.9 Å². The molecule has 3 aromatic rings. The second-order valence-electron chi connectivity index (χ2n) is 5.93. The Kier molecular flexibility index (Phi) is 3.91. The number of anilines is 1. The molecule has 4 rings (SSSR count). The fraction of sp³-hybridized carbons (Fsp3) is 0.167. The standard InChI is InChI=1S/C18H12ClF4N3/c19-11-4-5-15(14(9-11)18(21,22)23)26-17-13(6-7-24-17)16(25-26)10-2-1-3-12(20)8-10/h1-5,8-9,24H,6-7H2. The molecule has 0 saturated heterocycles. The number of alkyl halides is 3. The first-order valence-electron chi connectivity index (χ1n) is 7.83. The molecule has 2 heterocycles. The zero-order chi connectivity index (χ0) is 18.5. The Labute approximate surface area is 151 Å². The van der Waals surface area contributed by atoms with Crippen LogP contribution in [0.1, 0.15) is 11.1 Å². The number of rotatable bonds is 2. The molecule has 0 bridgehead atoms. The maximum Gasteiger partial charge on any atom is 0.418 e. The van der Waals surface area contributed by atoms with Crippen molar-refractivity contribution in [2.45, 2.75) is 12.6 Å². The van der Waals surface area contributed by atoms with Gasteiger partial charge in [0.25, 0.3) is 0 Å². The molecule has 0 atom stereocenters. The van der Waals surface area contributed by atoms with Crippen LogP contribution in [-0.4, -0.2) is 16.3 Å². The Balaban J connectivity index is 1.94. The molecule has 1 N–H and O–H groups in total. The highest BCUT2D eigenvalue weighted by Crippen LogP contribution is 2.40. The summed E-state index contributed by atoms with van der Waals surface area (Å²) in [4.78, 5) is 0. The predicted octanol–water partition coefficient (Wildman–Crippen LogP) is 5.32. The van der Waals surface area contributed by atoms with Gasteiger partial charge in [-0.3, -0.25) is 0 Å². The van der Waals surface area contributed by atoms with Crippen molar-refractivity contribution in [1.29, 1.82) is 0 Å². The van der Waals surface area contributed by atoms with Crippen LogP contribution in [0.15, 0.2) is 42.5 Å². The summed E-state index contributed by atoms with van der Waals surface area (Å²) in [5.74, 6) is 0.0521. The summed E-state index contributed by atoms with van der Waals surface area (Å²) in [5, 5.41) is 7.42. The second kappa shape index (κ2) is 6.02. The average molecular weight is 382 g/mol. The Morgan fingerprint density at radius 3 is 2.65 bits per heavy atom. The van der Waals surface area contributed by atoms with Crippen molar-refractivity contribution in [3.05, 3.63) is 64.4 Å². The smallest absolute Gasteiger partial charge is 0.369 e. The fourth-order valence-electron chi connectivity index (χ4n) is 3.14. The van der Waals surface area contributed by atoms with E-state index in [1.165, 1.54) is 28.9 Å². The topological polar surface area (TPSA) is 29.9 Å². The number of hydrogen-bond acceptors (Lipinski definition) is 2. The molecule has 0 radical (unpaired) electrons. The lowest BCUT2D eigenvalue weighted by Crippen LogP contribution is -2.13. The quantitative estimate of drug-likeness (QED) is 0.609. The summed E-state index contributed by atoms with van der Waals surface area (Å²) < 4.78 is 55.2. The lowest BCUT2D eigenvalue weighted by atomic mass is 10.1. The van der Waals surface area contributed by atoms with Crippen molar-refractivity contribution in [2.75, 3.05) is 11.9 Å². The minimum atomic E-state index is -4.59. The van der Waals surface area contributed by atoms with Crippen molar-refractivity contribution in [2.24, 2.45) is 0 Å². The van der Waals surface area contributed by atoms with Crippen LogP contribution in [0.5, 0.6) is 0 Å². The van der Waals surface area contributed by atoms with E-state index < -0.39 is 17.6 Å². The molecule has 0 aliphatic carbocycles. The van der Waals surface area contributed by atoms with E-state index in [0.717, 1.165) is 11.6 Å². The third kappa shape index (κ3) is 2.82. The molecule has 8 heteroatoms. The number of nitrogens with zero attached hydrogens (tertiary/aromatic N) is 2. The van der Waals surface area contributed by atoms with Crippen LogP contribution < -0.4 is 5.32 Å². The van der Waals surface area contributed by atoms with E-state index in [-0.39, 0.29) is 10.7 Å². The van der Waals surface area contributed by atoms with Crippen LogP contribution in [0, 0.1) is 5.82 Å². The van der Waals surface area contributed by atoms with Gasteiger partial charge >= 0.3 is 6.18 Å². The van der Waals surface area contributed by atoms with Gasteiger partial charge in [0.2, 0.25) is 0 Å². The molecule has 1 aromatic heterocycles. The SMILES string of the molecule is Fc1cccc(-c2nn(-c3ccc(Cl)cc3C(F)(F)F)c3c2CCN3)c1. The molecule has 2 aromatic carbocycles. The third-order valence-corrected chi connectivity index (χ3v) is 4.48. The number of benzene rings is 2. The summed E-state index contributed by atoms with van der Waals surface area (Å²) in [5.41, 5.74) is 0.738. The maximum atomic E-state index is 13.6. The van der Waals surface area contributed by atoms with Gasteiger partial charge in [-0.2, -0.15) is 18.3 Å². The first-order valence-corrected chi connectivity index (χ1v) is 8.21. The molecule has 0 spiro atoms. The van der Waals surface area contributed by atoms with Crippen molar-refractivity contribution in [1.82, 2.24) is 9.78 Å². The van der Waals surface area contributed by atoms with Crippen LogP contribution in [0.3, 0.4) is 0 Å². The largest absolute Gasteiger partial charge is 0.418 e. The predicted molar refractivity (Wildman–Crippen MR) is 91.2 cm³/mol. The highest BCUT2D eigenvalue weighted by Gasteiger charge is 2.36. The minimum absolute atomic E-state index is 0.0109. The first kappa shape index (κ1) is 16.9. The van der Waals surface area contributed by atoms with Gasteiger partial charge in [-0.15, -0.1) is 0 Å². The summed E-state index contributed by atoms with van der Waals surface area (Å²) in [6, 6.07) is 9.40. The molecule has 0 unspecified atom stereocenters. The minimum Gasteiger partial charge on any atom is -0.369 e. The molecular weight excluding hydrogens is 370 g/mol. The van der Waals surface area contributed by atoms with E-state index in [1.807, 2.05) is 0 Å². The Hall–Kier alpha value is -2.54. The zero-order valence-electron chi connectivity index (χ0n) is 13.2. The molecule has 26 heavy (non-hydrogen) atoms. The van der Waals surface area contributed by atoms with Crippen molar-refractivity contribution < 1.29 is 17.6 Å². The number of aromatic nitrogens is 2. The third-order valence-electron chi connectivity index (χ3n) is 4.24. The molecule has 0 fully saturated rings. The van der Waals surface area contributed by atoms with Crippen molar-refractivity contribution in [3.63, 3.8) is 0 Å². The van der Waals surface area contributed by atoms with Crippen LogP contribution in [0.4, 0.5) is 23.4 Å². The van der Waals surface area contributed by atoms with Gasteiger partial charge in [0.15, 0.2) is 0 Å². The zero-order valence-corrected chi connectivity index (χ0v) is 14.0. The fourth-order valence-corrected chi connectivity index (χ4v) is 3.31. The van der Waals surface area contributed by atoms with Crippen LogP contribution in [0.25, 0.3) is 16.9 Å². The summed E-state index contributed by atoms with van der Waals surface area (Å²) in [6.45, 7) is 0.574. The van der Waals surface area contributed by atoms with Crippen LogP contribution in [0.2, 0.25) is 5.02 Å². The Bertz CT molecular complexity index is 995. The molecule has 3 nitrogen and oxygen atoms in total. The van der Waals surface area contributed by atoms with Crippen LogP contribution in [-0.2, 0) is 12.6 Å². The van der Waals surface area contributed by atoms with Crippen molar-refractivity contribution in [3.8, 4) is 16.9 Å². The molecule has 0 saturated carbocycles. The number of hydrogen-bond donors (Lipinski definition) is 1. The van der Waals surface area contributed by atoms with E-state index in [1.54, 1.807) is 12.1 Å². The summed E-state index contributed by atoms with van der Waals surface area (Å²) in [6.07, 6.45) is -3.99. The summed E-state index contributed by atoms with van der Waals surface area (Å²) >= 11 is 5.76. The van der Waals surface area contributed by atoms with Crippen LogP contribution >= 0.6 is 11.6 Å². The number of nitrogens with one attached hydrogen (secondary N) is 1. The van der Waals surface area contributed by atoms with E-state index in [4.69, 9.17) is 11.6 Å². The Morgan fingerprint density at radius 1 is 1.12 bits per heavy atom.